The Morgan fingerprint density at radius 2 is 1.93 bits per heavy atom. The van der Waals surface area contributed by atoms with Crippen LogP contribution in [-0.2, 0) is 22.5 Å². The van der Waals surface area contributed by atoms with Gasteiger partial charge >= 0.3 is 0 Å². The van der Waals surface area contributed by atoms with Crippen molar-refractivity contribution < 1.29 is 19.0 Å². The van der Waals surface area contributed by atoms with Crippen molar-refractivity contribution in [1.82, 2.24) is 19.7 Å². The molecule has 1 aliphatic heterocycles. The zero-order valence-corrected chi connectivity index (χ0v) is 17.8. The molecular weight excluding hydrogens is 398 g/mol. The number of rotatable bonds is 7. The van der Waals surface area contributed by atoms with Gasteiger partial charge in [0.05, 0.1) is 33.5 Å². The third kappa shape index (κ3) is 5.59. The zero-order valence-electron chi connectivity index (χ0n) is 17.0. The first-order valence-electron chi connectivity index (χ1n) is 9.27. The van der Waals surface area contributed by atoms with Gasteiger partial charge < -0.3 is 24.8 Å². The molecule has 1 saturated heterocycles. The summed E-state index contributed by atoms with van der Waals surface area (Å²) in [6.45, 7) is 4.27. The Morgan fingerprint density at radius 3 is 2.55 bits per heavy atom. The second-order valence-electron chi connectivity index (χ2n) is 6.69. The summed E-state index contributed by atoms with van der Waals surface area (Å²) in [5.74, 6) is 2.51. The van der Waals surface area contributed by atoms with E-state index in [0.717, 1.165) is 5.56 Å². The molecule has 0 spiro atoms. The molecule has 1 amide bonds. The van der Waals surface area contributed by atoms with E-state index in [9.17, 15) is 4.79 Å². The minimum Gasteiger partial charge on any atom is -0.493 e. The Bertz CT molecular complexity index is 821. The highest BCUT2D eigenvalue weighted by Crippen LogP contribution is 2.28. The number of nitrogens with zero attached hydrogens (tertiary/aromatic N) is 4. The molecule has 1 atom stereocenters. The number of carbonyl (C=O) groups is 1. The summed E-state index contributed by atoms with van der Waals surface area (Å²) in [6, 6.07) is 5.35. The average molecular weight is 426 g/mol. The van der Waals surface area contributed by atoms with Crippen LogP contribution in [0.1, 0.15) is 30.2 Å². The highest BCUT2D eigenvalue weighted by molar-refractivity contribution is 5.85. The van der Waals surface area contributed by atoms with E-state index >= 15 is 0 Å². The van der Waals surface area contributed by atoms with Crippen molar-refractivity contribution >= 4 is 18.3 Å². The Labute approximate surface area is 176 Å². The molecule has 1 fully saturated rings. The molecule has 2 aromatic rings. The highest BCUT2D eigenvalue weighted by atomic mass is 35.5. The molecule has 0 saturated carbocycles. The number of amides is 1. The molecule has 2 N–H and O–H groups in total. The number of ether oxygens (including phenoxy) is 3. The van der Waals surface area contributed by atoms with E-state index in [4.69, 9.17) is 19.9 Å². The molecule has 160 valence electrons. The summed E-state index contributed by atoms with van der Waals surface area (Å²) >= 11 is 0. The van der Waals surface area contributed by atoms with Gasteiger partial charge in [-0.1, -0.05) is 6.07 Å². The average Bonchev–Trinajstić information content (AvgIpc) is 3.10. The summed E-state index contributed by atoms with van der Waals surface area (Å²) in [7, 11) is 3.20. The smallest absolute Gasteiger partial charge is 0.244 e. The molecule has 2 heterocycles. The van der Waals surface area contributed by atoms with Gasteiger partial charge in [0, 0.05) is 19.5 Å². The van der Waals surface area contributed by atoms with Crippen molar-refractivity contribution in [3.63, 3.8) is 0 Å². The van der Waals surface area contributed by atoms with Gasteiger partial charge in [-0.25, -0.2) is 9.67 Å². The third-order valence-corrected chi connectivity index (χ3v) is 4.61. The molecule has 0 radical (unpaired) electrons. The van der Waals surface area contributed by atoms with Crippen LogP contribution in [-0.4, -0.2) is 66.1 Å². The molecule has 1 aromatic carbocycles. The van der Waals surface area contributed by atoms with Gasteiger partial charge in [0.1, 0.15) is 12.4 Å². The van der Waals surface area contributed by atoms with Crippen LogP contribution in [0.2, 0.25) is 0 Å². The Morgan fingerprint density at radius 1 is 1.24 bits per heavy atom. The zero-order chi connectivity index (χ0) is 20.1. The summed E-state index contributed by atoms with van der Waals surface area (Å²) in [4.78, 5) is 18.9. The van der Waals surface area contributed by atoms with Crippen molar-refractivity contribution in [2.24, 2.45) is 5.73 Å². The first-order valence-corrected chi connectivity index (χ1v) is 9.27. The van der Waals surface area contributed by atoms with E-state index in [1.54, 1.807) is 23.8 Å². The van der Waals surface area contributed by atoms with Gasteiger partial charge in [-0.3, -0.25) is 4.79 Å². The van der Waals surface area contributed by atoms with Crippen molar-refractivity contribution in [2.45, 2.75) is 25.9 Å². The normalized spacial score (nSPS) is 14.8. The molecule has 0 aliphatic carbocycles. The fraction of sp³-hybridized carbons (Fsp3) is 0.526. The van der Waals surface area contributed by atoms with Crippen molar-refractivity contribution in [3.05, 3.63) is 35.4 Å². The predicted molar refractivity (Wildman–Crippen MR) is 110 cm³/mol. The minimum absolute atomic E-state index is 0. The topological polar surface area (TPSA) is 105 Å². The van der Waals surface area contributed by atoms with Crippen LogP contribution in [0.3, 0.4) is 0 Å². The summed E-state index contributed by atoms with van der Waals surface area (Å²) in [5.41, 5.74) is 7.03. The number of halogens is 1. The Hall–Kier alpha value is -2.36. The molecular formula is C19H28ClN5O4. The van der Waals surface area contributed by atoms with E-state index in [2.05, 4.69) is 10.1 Å². The van der Waals surface area contributed by atoms with Gasteiger partial charge in [0.2, 0.25) is 5.91 Å². The fourth-order valence-electron chi connectivity index (χ4n) is 3.15. The molecule has 3 rings (SSSR count). The molecule has 1 aromatic heterocycles. The van der Waals surface area contributed by atoms with E-state index in [-0.39, 0.29) is 30.9 Å². The maximum Gasteiger partial charge on any atom is 0.244 e. The monoisotopic (exact) mass is 425 g/mol. The van der Waals surface area contributed by atoms with Crippen LogP contribution in [0.15, 0.2) is 18.2 Å². The van der Waals surface area contributed by atoms with Crippen LogP contribution in [0.5, 0.6) is 11.5 Å². The molecule has 9 nitrogen and oxygen atoms in total. The lowest BCUT2D eigenvalue weighted by Gasteiger charge is -2.27. The summed E-state index contributed by atoms with van der Waals surface area (Å²) in [6.07, 6.45) is 0.499. The van der Waals surface area contributed by atoms with Crippen LogP contribution < -0.4 is 15.2 Å². The molecule has 10 heteroatoms. The lowest BCUT2D eigenvalue weighted by Crippen LogP contribution is -2.42. The quantitative estimate of drug-likeness (QED) is 0.710. The number of hydrogen-bond acceptors (Lipinski definition) is 7. The van der Waals surface area contributed by atoms with Gasteiger partial charge in [-0.05, 0) is 24.6 Å². The third-order valence-electron chi connectivity index (χ3n) is 4.61. The van der Waals surface area contributed by atoms with E-state index in [0.29, 0.717) is 55.9 Å². The number of methoxy groups -OCH3 is 2. The minimum atomic E-state index is -0.329. The van der Waals surface area contributed by atoms with E-state index < -0.39 is 0 Å². The maximum atomic E-state index is 12.6. The second-order valence-corrected chi connectivity index (χ2v) is 6.69. The lowest BCUT2D eigenvalue weighted by atomic mass is 10.1. The lowest BCUT2D eigenvalue weighted by molar-refractivity contribution is -0.136. The Kier molecular flexibility index (Phi) is 8.24. The molecule has 1 aliphatic rings. The highest BCUT2D eigenvalue weighted by Gasteiger charge is 2.21. The fourth-order valence-corrected chi connectivity index (χ4v) is 3.15. The standard InChI is InChI=1S/C19H27N5O4.ClH/c1-13(20)19-21-17(11-14-4-5-15(26-2)16(10-14)27-3)22-24(19)12-18(25)23-6-8-28-9-7-23;/h4-5,10,13H,6-9,11-12,20H2,1-3H3;1H/t13-;/m1./s1. The number of aromatic nitrogens is 3. The maximum absolute atomic E-state index is 12.6. The van der Waals surface area contributed by atoms with Gasteiger partial charge in [0.25, 0.3) is 0 Å². The van der Waals surface area contributed by atoms with E-state index in [1.807, 2.05) is 25.1 Å². The predicted octanol–water partition coefficient (Wildman–Crippen LogP) is 1.19. The van der Waals surface area contributed by atoms with Gasteiger partial charge in [-0.15, -0.1) is 12.4 Å². The SMILES string of the molecule is COc1ccc(Cc2nc([C@@H](C)N)n(CC(=O)N3CCOCC3)n2)cc1OC.Cl. The first kappa shape index (κ1) is 22.9. The van der Waals surface area contributed by atoms with Crippen LogP contribution >= 0.6 is 12.4 Å². The van der Waals surface area contributed by atoms with Crippen LogP contribution in [0.25, 0.3) is 0 Å². The number of carbonyl (C=O) groups excluding carboxylic acids is 1. The van der Waals surface area contributed by atoms with Crippen LogP contribution in [0, 0.1) is 0 Å². The largest absolute Gasteiger partial charge is 0.493 e. The number of nitrogens with two attached hydrogens (primary N) is 1. The van der Waals surface area contributed by atoms with Crippen LogP contribution in [0.4, 0.5) is 0 Å². The van der Waals surface area contributed by atoms with Crippen molar-refractivity contribution in [2.75, 3.05) is 40.5 Å². The van der Waals surface area contributed by atoms with Crippen molar-refractivity contribution in [3.8, 4) is 11.5 Å². The summed E-state index contributed by atoms with van der Waals surface area (Å²) < 4.78 is 17.5. The molecule has 29 heavy (non-hydrogen) atoms. The number of benzene rings is 1. The Balaban J connectivity index is 0.00000300. The molecule has 0 unspecified atom stereocenters. The first-order chi connectivity index (χ1) is 13.5. The molecule has 0 bridgehead atoms. The summed E-state index contributed by atoms with van der Waals surface area (Å²) in [5, 5.41) is 4.53. The number of hydrogen-bond donors (Lipinski definition) is 1. The van der Waals surface area contributed by atoms with Gasteiger partial charge in [-0.2, -0.15) is 5.10 Å². The van der Waals surface area contributed by atoms with Gasteiger partial charge in [0.15, 0.2) is 17.3 Å². The van der Waals surface area contributed by atoms with E-state index in [1.165, 1.54) is 0 Å². The second kappa shape index (κ2) is 10.4. The van der Waals surface area contributed by atoms with Crippen molar-refractivity contribution in [1.29, 1.82) is 0 Å². The number of morpholine rings is 1.